The van der Waals surface area contributed by atoms with Crippen molar-refractivity contribution in [3.05, 3.63) is 74.6 Å². The Labute approximate surface area is 231 Å². The van der Waals surface area contributed by atoms with E-state index in [9.17, 15) is 22.8 Å². The number of likely N-dealkylation sites (tertiary alicyclic amines) is 1. The van der Waals surface area contributed by atoms with Gasteiger partial charge in [0.15, 0.2) is 10.8 Å². The van der Waals surface area contributed by atoms with Gasteiger partial charge in [-0.2, -0.15) is 0 Å². The molecule has 1 fully saturated rings. The van der Waals surface area contributed by atoms with Gasteiger partial charge in [0.05, 0.1) is 25.8 Å². The molecule has 1 atom stereocenters. The molecule has 2 aliphatic heterocycles. The largest absolute Gasteiger partial charge is 0.466 e. The van der Waals surface area contributed by atoms with Crippen LogP contribution in [-0.4, -0.2) is 79.4 Å². The van der Waals surface area contributed by atoms with E-state index in [4.69, 9.17) is 9.84 Å². The molecule has 0 amide bonds. The Hall–Kier alpha value is -2.87. The van der Waals surface area contributed by atoms with Gasteiger partial charge in [-0.15, -0.1) is 11.3 Å². The van der Waals surface area contributed by atoms with Crippen molar-refractivity contribution in [3.63, 3.8) is 0 Å². The zero-order valence-electron chi connectivity index (χ0n) is 20.7. The van der Waals surface area contributed by atoms with E-state index in [2.05, 4.69) is 31.2 Å². The maximum atomic E-state index is 14.2. The Balaban J connectivity index is 0.000000428. The number of nitrogens with zero attached hydrogens (tertiary/aromatic N) is 3. The number of methoxy groups -OCH3 is 1. The molecule has 0 spiro atoms. The highest BCUT2D eigenvalue weighted by atomic mass is 79.9. The van der Waals surface area contributed by atoms with Gasteiger partial charge < -0.3 is 15.2 Å². The number of ether oxygens (including phenoxy) is 1. The molecule has 4 rings (SSSR count). The molecule has 2 aliphatic rings. The van der Waals surface area contributed by atoms with Crippen LogP contribution in [0.15, 0.2) is 68.7 Å². The number of aromatic nitrogens is 1. The second kappa shape index (κ2) is 15.5. The summed E-state index contributed by atoms with van der Waals surface area (Å²) in [5.74, 6) is -3.60. The number of aliphatic hydroxyl groups excluding tert-OH is 1. The summed E-state index contributed by atoms with van der Waals surface area (Å²) in [5.41, 5.74) is 0.777. The van der Waals surface area contributed by atoms with Crippen molar-refractivity contribution in [1.29, 1.82) is 0 Å². The van der Waals surface area contributed by atoms with Gasteiger partial charge in [0.2, 0.25) is 0 Å². The molecule has 2 N–H and O–H groups in total. The number of allylic oxidation sites excluding steroid dienone is 1. The van der Waals surface area contributed by atoms with Crippen LogP contribution in [0.25, 0.3) is 0 Å². The highest BCUT2D eigenvalue weighted by Gasteiger charge is 2.40. The first-order valence-corrected chi connectivity index (χ1v) is 13.0. The minimum atomic E-state index is -2.89. The molecule has 3 heterocycles. The molecule has 0 unspecified atom stereocenters. The van der Waals surface area contributed by atoms with Crippen LogP contribution in [0.3, 0.4) is 0 Å². The number of carbonyl (C=O) groups excluding carboxylic acids is 2. The van der Waals surface area contributed by atoms with Gasteiger partial charge >= 0.3 is 5.97 Å². The Morgan fingerprint density at radius 1 is 1.39 bits per heavy atom. The number of hydrogen-bond donors (Lipinski definition) is 2. The number of thiazole rings is 1. The molecule has 206 valence electrons. The van der Waals surface area contributed by atoms with Gasteiger partial charge in [-0.25, -0.2) is 22.9 Å². The fraction of sp³-hybridized carbons (Fsp3) is 0.360. The van der Waals surface area contributed by atoms with Crippen molar-refractivity contribution in [1.82, 2.24) is 15.2 Å². The second-order valence-electron chi connectivity index (χ2n) is 8.03. The van der Waals surface area contributed by atoms with E-state index < -0.39 is 24.4 Å². The van der Waals surface area contributed by atoms with Crippen molar-refractivity contribution in [2.24, 2.45) is 10.9 Å². The molecule has 38 heavy (non-hydrogen) atoms. The zero-order valence-corrected chi connectivity index (χ0v) is 23.1. The smallest absolute Gasteiger partial charge is 0.337 e. The van der Waals surface area contributed by atoms with E-state index in [0.29, 0.717) is 34.9 Å². The number of aliphatic imine (C=N–C) groups is 1. The normalized spacial score (nSPS) is 18.8. The van der Waals surface area contributed by atoms with Crippen molar-refractivity contribution >= 4 is 45.4 Å². The number of alkyl halides is 2. The average molecular weight is 617 g/mol. The van der Waals surface area contributed by atoms with Gasteiger partial charge in [-0.1, -0.05) is 28.1 Å². The van der Waals surface area contributed by atoms with E-state index in [1.807, 2.05) is 0 Å². The van der Waals surface area contributed by atoms with Crippen molar-refractivity contribution < 1.29 is 32.6 Å². The summed E-state index contributed by atoms with van der Waals surface area (Å²) in [5, 5.41) is 12.5. The third kappa shape index (κ3) is 9.78. The molecule has 0 aliphatic carbocycles. The number of piperidine rings is 1. The van der Waals surface area contributed by atoms with Crippen molar-refractivity contribution in [2.75, 3.05) is 40.4 Å². The molecule has 0 radical (unpaired) electrons. The van der Waals surface area contributed by atoms with E-state index in [1.54, 1.807) is 28.6 Å². The van der Waals surface area contributed by atoms with Gasteiger partial charge in [0.1, 0.15) is 12.1 Å². The summed E-state index contributed by atoms with van der Waals surface area (Å²) >= 11 is 4.51. The van der Waals surface area contributed by atoms with Crippen LogP contribution in [-0.2, 0) is 14.3 Å². The van der Waals surface area contributed by atoms with Gasteiger partial charge in [0, 0.05) is 48.4 Å². The fourth-order valence-corrected chi connectivity index (χ4v) is 4.76. The lowest BCUT2D eigenvalue weighted by molar-refractivity contribution is -0.136. The Bertz CT molecular complexity index is 1140. The molecule has 1 saturated heterocycles. The van der Waals surface area contributed by atoms with E-state index in [0.717, 1.165) is 11.6 Å². The summed E-state index contributed by atoms with van der Waals surface area (Å²) in [4.78, 5) is 32.7. The molecular formula is C25H28BrF3N4O4S. The summed E-state index contributed by atoms with van der Waals surface area (Å²) in [7, 11) is 2.27. The molecule has 1 aromatic carbocycles. The Kier molecular flexibility index (Phi) is 12.8. The number of rotatable bonds is 6. The second-order valence-corrected chi connectivity index (χ2v) is 9.84. The molecule has 2 aromatic rings. The zero-order chi connectivity index (χ0) is 28.1. The maximum absolute atomic E-state index is 14.2. The first-order valence-electron chi connectivity index (χ1n) is 11.3. The number of amidine groups is 1. The number of aliphatic hydroxyl groups is 1. The molecule has 1 aromatic heterocycles. The molecular weight excluding hydrogens is 589 g/mol. The van der Waals surface area contributed by atoms with Gasteiger partial charge in [-0.05, 0) is 30.2 Å². The maximum Gasteiger partial charge on any atom is 0.337 e. The SMILES string of the molecule is CO.COC(=O)C1=C(CN2C[C@@H](/C=C/C=O)CC(F)(F)C2)NC(c2nccs2)=NC1.Fc1cccc(Br)c1. The fourth-order valence-electron chi connectivity index (χ4n) is 3.79. The number of hydrogen-bond acceptors (Lipinski definition) is 9. The predicted octanol–water partition coefficient (Wildman–Crippen LogP) is 3.83. The highest BCUT2D eigenvalue weighted by molar-refractivity contribution is 9.10. The molecule has 0 saturated carbocycles. The van der Waals surface area contributed by atoms with Crippen LogP contribution < -0.4 is 5.32 Å². The third-order valence-corrected chi connectivity index (χ3v) is 6.51. The topological polar surface area (TPSA) is 104 Å². The lowest BCUT2D eigenvalue weighted by atomic mass is 9.94. The van der Waals surface area contributed by atoms with Gasteiger partial charge in [0.25, 0.3) is 5.92 Å². The Morgan fingerprint density at radius 3 is 2.74 bits per heavy atom. The molecule has 13 heteroatoms. The number of benzene rings is 1. The highest BCUT2D eigenvalue weighted by Crippen LogP contribution is 2.31. The number of halogens is 4. The monoisotopic (exact) mass is 616 g/mol. The van der Waals surface area contributed by atoms with Crippen LogP contribution in [0.2, 0.25) is 0 Å². The van der Waals surface area contributed by atoms with Crippen molar-refractivity contribution in [3.8, 4) is 0 Å². The summed E-state index contributed by atoms with van der Waals surface area (Å²) in [6.45, 7) is 0.115. The van der Waals surface area contributed by atoms with E-state index in [1.165, 1.54) is 42.7 Å². The number of aldehydes is 1. The third-order valence-electron chi connectivity index (χ3n) is 5.23. The minimum Gasteiger partial charge on any atom is -0.466 e. The number of carbonyl (C=O) groups is 2. The lowest BCUT2D eigenvalue weighted by Gasteiger charge is -2.37. The van der Waals surface area contributed by atoms with Crippen LogP contribution in [0.5, 0.6) is 0 Å². The standard InChI is InChI=1S/C18H20F2N4O3S.C6H4BrF.CH4O/c1-27-17(26)13-8-22-15(16-21-4-6-28-16)23-14(13)10-24-9-12(3-2-5-25)7-18(19,20)11-24;7-5-2-1-3-6(8)4-5;1-2/h2-6,12H,7-11H2,1H3,(H,22,23);1-4H;2H,1H3/b3-2+;;/t12-;;/m0../s1. The first-order chi connectivity index (χ1) is 18.2. The lowest BCUT2D eigenvalue weighted by Crippen LogP contribution is -2.49. The predicted molar refractivity (Wildman–Crippen MR) is 143 cm³/mol. The molecule has 8 nitrogen and oxygen atoms in total. The number of esters is 1. The van der Waals surface area contributed by atoms with E-state index in [-0.39, 0.29) is 25.3 Å². The van der Waals surface area contributed by atoms with Crippen LogP contribution in [0.4, 0.5) is 13.2 Å². The van der Waals surface area contributed by atoms with Crippen LogP contribution >= 0.6 is 27.3 Å². The average Bonchev–Trinajstić information content (AvgIpc) is 3.43. The summed E-state index contributed by atoms with van der Waals surface area (Å²) in [6.07, 6.45) is 4.65. The Morgan fingerprint density at radius 2 is 2.16 bits per heavy atom. The van der Waals surface area contributed by atoms with Gasteiger partial charge in [-0.3, -0.25) is 14.7 Å². The van der Waals surface area contributed by atoms with E-state index >= 15 is 0 Å². The quantitative estimate of drug-likeness (QED) is 0.289. The van der Waals surface area contributed by atoms with Crippen LogP contribution in [0, 0.1) is 11.7 Å². The summed E-state index contributed by atoms with van der Waals surface area (Å²) < 4.78 is 46.1. The van der Waals surface area contributed by atoms with Crippen LogP contribution in [0.1, 0.15) is 11.4 Å². The summed E-state index contributed by atoms with van der Waals surface area (Å²) in [6, 6.07) is 6.26. The molecule has 0 bridgehead atoms. The first kappa shape index (κ1) is 31.3. The van der Waals surface area contributed by atoms with Crippen molar-refractivity contribution in [2.45, 2.75) is 12.3 Å². The minimum absolute atomic E-state index is 0.0859. The number of nitrogens with one attached hydrogen (secondary N) is 1.